The van der Waals surface area contributed by atoms with Crippen molar-refractivity contribution in [3.8, 4) is 0 Å². The Labute approximate surface area is 116 Å². The zero-order valence-electron chi connectivity index (χ0n) is 8.64. The van der Waals surface area contributed by atoms with E-state index in [1.165, 1.54) is 11.3 Å². The first-order chi connectivity index (χ1) is 8.19. The van der Waals surface area contributed by atoms with Gasteiger partial charge in [0.2, 0.25) is 0 Å². The normalized spacial score (nSPS) is 9.94. The van der Waals surface area contributed by atoms with Gasteiger partial charge in [0.15, 0.2) is 0 Å². The van der Waals surface area contributed by atoms with Crippen LogP contribution in [0.5, 0.6) is 0 Å². The summed E-state index contributed by atoms with van der Waals surface area (Å²) in [6.45, 7) is 0. The Morgan fingerprint density at radius 1 is 1.29 bits per heavy atom. The lowest BCUT2D eigenvalue weighted by Crippen LogP contribution is -2.10. The number of hydrogen-bond acceptors (Lipinski definition) is 3. The maximum Gasteiger partial charge on any atom is 0.256 e. The van der Waals surface area contributed by atoms with Crippen LogP contribution < -0.4 is 5.32 Å². The highest BCUT2D eigenvalue weighted by molar-refractivity contribution is 14.1. The van der Waals surface area contributed by atoms with E-state index in [2.05, 4.69) is 27.9 Å². The van der Waals surface area contributed by atoms with E-state index in [-0.39, 0.29) is 5.91 Å². The summed E-state index contributed by atoms with van der Waals surface area (Å²) >= 11 is 3.70. The number of amides is 1. The summed E-state index contributed by atoms with van der Waals surface area (Å²) in [5, 5.41) is 4.59. The van der Waals surface area contributed by atoms with Crippen LogP contribution in [-0.4, -0.2) is 12.2 Å². The van der Waals surface area contributed by atoms with Crippen molar-refractivity contribution in [2.45, 2.75) is 0 Å². The zero-order chi connectivity index (χ0) is 12.3. The summed E-state index contributed by atoms with van der Waals surface area (Å²) < 4.78 is 1.07. The van der Waals surface area contributed by atoms with E-state index in [1.54, 1.807) is 24.3 Å². The van der Waals surface area contributed by atoms with Gasteiger partial charge < -0.3 is 5.32 Å². The number of hydrogen-bond donors (Lipinski definition) is 1. The van der Waals surface area contributed by atoms with Gasteiger partial charge in [0.05, 0.1) is 8.45 Å². The van der Waals surface area contributed by atoms with Gasteiger partial charge in [-0.2, -0.15) is 0 Å². The number of nitrogens with one attached hydrogen (secondary N) is 1. The highest BCUT2D eigenvalue weighted by Gasteiger charge is 2.07. The fourth-order valence-electron chi connectivity index (χ4n) is 1.28. The van der Waals surface area contributed by atoms with Crippen LogP contribution in [0.25, 0.3) is 0 Å². The van der Waals surface area contributed by atoms with Crippen LogP contribution in [0.3, 0.4) is 0 Å². The van der Waals surface area contributed by atoms with E-state index in [4.69, 9.17) is 0 Å². The third kappa shape index (κ3) is 3.13. The summed E-state index contributed by atoms with van der Waals surface area (Å²) in [6.07, 6.45) is 0.771. The van der Waals surface area contributed by atoms with Crippen LogP contribution in [-0.2, 0) is 0 Å². The van der Waals surface area contributed by atoms with Gasteiger partial charge in [0, 0.05) is 16.6 Å². The summed E-state index contributed by atoms with van der Waals surface area (Å²) in [5.41, 5.74) is 1.92. The van der Waals surface area contributed by atoms with E-state index < -0.39 is 0 Å². The highest BCUT2D eigenvalue weighted by Crippen LogP contribution is 2.18. The maximum atomic E-state index is 11.8. The van der Waals surface area contributed by atoms with Crippen LogP contribution in [0, 0.1) is 2.88 Å². The molecule has 1 heterocycles. The lowest BCUT2D eigenvalue weighted by Gasteiger charge is -2.03. The number of rotatable bonds is 3. The highest BCUT2D eigenvalue weighted by atomic mass is 127. The first kappa shape index (κ1) is 12.3. The first-order valence-electron chi connectivity index (χ1n) is 4.79. The number of benzene rings is 1. The third-order valence-electron chi connectivity index (χ3n) is 2.13. The Morgan fingerprint density at radius 3 is 2.53 bits per heavy atom. The maximum absolute atomic E-state index is 11.8. The number of carbonyl (C=O) groups is 2. The van der Waals surface area contributed by atoms with Crippen molar-refractivity contribution in [1.29, 1.82) is 0 Å². The molecule has 0 spiro atoms. The molecule has 0 radical (unpaired) electrons. The van der Waals surface area contributed by atoms with Gasteiger partial charge in [0.1, 0.15) is 6.29 Å². The molecule has 1 aromatic carbocycles. The molecule has 1 aromatic heterocycles. The molecule has 2 aromatic rings. The molecule has 0 saturated heterocycles. The Bertz CT molecular complexity index is 548. The third-order valence-corrected chi connectivity index (χ3v) is 3.92. The van der Waals surface area contributed by atoms with E-state index in [0.29, 0.717) is 16.8 Å². The second kappa shape index (κ2) is 5.42. The molecule has 0 fully saturated rings. The average Bonchev–Trinajstić information content (AvgIpc) is 2.77. The van der Waals surface area contributed by atoms with E-state index in [0.717, 1.165) is 9.17 Å². The van der Waals surface area contributed by atoms with Crippen LogP contribution in [0.1, 0.15) is 20.7 Å². The number of thiophene rings is 1. The van der Waals surface area contributed by atoms with Crippen LogP contribution in [0.15, 0.2) is 35.7 Å². The second-order valence-corrected chi connectivity index (χ2v) is 6.14. The molecule has 86 valence electrons. The molecule has 0 saturated carbocycles. The topological polar surface area (TPSA) is 46.2 Å². The number of carbonyl (C=O) groups excluding carboxylic acids is 2. The molecule has 17 heavy (non-hydrogen) atoms. The summed E-state index contributed by atoms with van der Waals surface area (Å²) in [4.78, 5) is 22.3. The van der Waals surface area contributed by atoms with Gasteiger partial charge in [-0.25, -0.2) is 0 Å². The summed E-state index contributed by atoms with van der Waals surface area (Å²) in [7, 11) is 0. The quantitative estimate of drug-likeness (QED) is 0.676. The Balaban J connectivity index is 2.10. The van der Waals surface area contributed by atoms with Gasteiger partial charge in [0.25, 0.3) is 5.91 Å². The van der Waals surface area contributed by atoms with Crippen LogP contribution >= 0.6 is 33.9 Å². The SMILES string of the molecule is O=Cc1ccc(NC(=O)c2csc(I)c2)cc1. The summed E-state index contributed by atoms with van der Waals surface area (Å²) in [5.74, 6) is -0.136. The largest absolute Gasteiger partial charge is 0.322 e. The number of halogens is 1. The van der Waals surface area contributed by atoms with Gasteiger partial charge in [-0.15, -0.1) is 11.3 Å². The monoisotopic (exact) mass is 357 g/mol. The fourth-order valence-corrected chi connectivity index (χ4v) is 2.60. The van der Waals surface area contributed by atoms with E-state index in [9.17, 15) is 9.59 Å². The minimum Gasteiger partial charge on any atom is -0.322 e. The first-order valence-corrected chi connectivity index (χ1v) is 6.75. The van der Waals surface area contributed by atoms with Gasteiger partial charge in [-0.3, -0.25) is 9.59 Å². The lowest BCUT2D eigenvalue weighted by atomic mass is 10.2. The van der Waals surface area contributed by atoms with Crippen molar-refractivity contribution in [2.75, 3.05) is 5.32 Å². The molecule has 3 nitrogen and oxygen atoms in total. The average molecular weight is 357 g/mol. The fraction of sp³-hybridized carbons (Fsp3) is 0. The van der Waals surface area contributed by atoms with Crippen molar-refractivity contribution in [3.63, 3.8) is 0 Å². The molecule has 0 aliphatic heterocycles. The molecular formula is C12H8INO2S. The molecule has 0 aliphatic rings. The predicted octanol–water partition coefficient (Wildman–Crippen LogP) is 3.42. The minimum absolute atomic E-state index is 0.136. The Kier molecular flexibility index (Phi) is 3.90. The Hall–Kier alpha value is -1.21. The van der Waals surface area contributed by atoms with Crippen molar-refractivity contribution in [3.05, 3.63) is 49.7 Å². The molecule has 0 atom stereocenters. The lowest BCUT2D eigenvalue weighted by molar-refractivity contribution is 0.102. The molecule has 1 N–H and O–H groups in total. The number of anilines is 1. The summed E-state index contributed by atoms with van der Waals surface area (Å²) in [6, 6.07) is 8.58. The molecule has 0 bridgehead atoms. The standard InChI is InChI=1S/C12H8INO2S/c13-11-5-9(7-17-11)12(16)14-10-3-1-8(6-15)2-4-10/h1-7H,(H,14,16). The van der Waals surface area contributed by atoms with Crippen molar-refractivity contribution >= 4 is 51.8 Å². The predicted molar refractivity (Wildman–Crippen MR) is 76.8 cm³/mol. The zero-order valence-corrected chi connectivity index (χ0v) is 11.6. The molecule has 0 aliphatic carbocycles. The molecule has 0 unspecified atom stereocenters. The second-order valence-electron chi connectivity index (χ2n) is 3.33. The van der Waals surface area contributed by atoms with E-state index in [1.807, 2.05) is 11.4 Å². The van der Waals surface area contributed by atoms with Crippen molar-refractivity contribution in [1.82, 2.24) is 0 Å². The van der Waals surface area contributed by atoms with Crippen LogP contribution in [0.2, 0.25) is 0 Å². The molecule has 5 heteroatoms. The molecule has 2 rings (SSSR count). The van der Waals surface area contributed by atoms with Crippen LogP contribution in [0.4, 0.5) is 5.69 Å². The van der Waals surface area contributed by atoms with Crippen molar-refractivity contribution < 1.29 is 9.59 Å². The smallest absolute Gasteiger partial charge is 0.256 e. The van der Waals surface area contributed by atoms with Gasteiger partial charge in [-0.1, -0.05) is 0 Å². The Morgan fingerprint density at radius 2 is 2.00 bits per heavy atom. The van der Waals surface area contributed by atoms with Gasteiger partial charge >= 0.3 is 0 Å². The molecular weight excluding hydrogens is 349 g/mol. The van der Waals surface area contributed by atoms with Crippen molar-refractivity contribution in [2.24, 2.45) is 0 Å². The van der Waals surface area contributed by atoms with E-state index >= 15 is 0 Å². The molecule has 1 amide bonds. The minimum atomic E-state index is -0.136. The number of aldehydes is 1. The van der Waals surface area contributed by atoms with Gasteiger partial charge in [-0.05, 0) is 52.9 Å².